The van der Waals surface area contributed by atoms with Crippen molar-refractivity contribution in [3.05, 3.63) is 35.9 Å². The van der Waals surface area contributed by atoms with Gasteiger partial charge in [-0.2, -0.15) is 0 Å². The molecule has 4 nitrogen and oxygen atoms in total. The standard InChI is InChI=1S/C22H34O4/c1-18(2)17-19(3)26-22(24)15-9-5-8-14-21(23)25-16-10-13-20-11-6-4-7-12-20/h4,6-7,11-12,18-19H,5,8-10,13-17H2,1-3H3. The molecule has 0 amide bonds. The van der Waals surface area contributed by atoms with Crippen LogP contribution in [0.15, 0.2) is 30.3 Å². The van der Waals surface area contributed by atoms with E-state index in [0.29, 0.717) is 25.4 Å². The molecule has 1 aromatic rings. The summed E-state index contributed by atoms with van der Waals surface area (Å²) >= 11 is 0. The number of benzene rings is 1. The number of rotatable bonds is 13. The van der Waals surface area contributed by atoms with Crippen LogP contribution >= 0.6 is 0 Å². The Morgan fingerprint density at radius 1 is 0.885 bits per heavy atom. The minimum atomic E-state index is -0.147. The van der Waals surface area contributed by atoms with Gasteiger partial charge in [-0.3, -0.25) is 9.59 Å². The first-order valence-corrected chi connectivity index (χ1v) is 9.86. The second-order valence-electron chi connectivity index (χ2n) is 7.30. The summed E-state index contributed by atoms with van der Waals surface area (Å²) in [7, 11) is 0. The van der Waals surface area contributed by atoms with Crippen molar-refractivity contribution in [2.45, 2.75) is 78.2 Å². The lowest BCUT2D eigenvalue weighted by Gasteiger charge is -2.15. The molecule has 1 unspecified atom stereocenters. The van der Waals surface area contributed by atoms with Gasteiger partial charge in [-0.1, -0.05) is 50.6 Å². The van der Waals surface area contributed by atoms with Gasteiger partial charge >= 0.3 is 11.9 Å². The maximum absolute atomic E-state index is 11.7. The zero-order valence-corrected chi connectivity index (χ0v) is 16.5. The third kappa shape index (κ3) is 11.7. The average Bonchev–Trinajstić information content (AvgIpc) is 2.58. The summed E-state index contributed by atoms with van der Waals surface area (Å²) in [5.41, 5.74) is 1.26. The molecule has 0 aliphatic rings. The number of esters is 2. The lowest BCUT2D eigenvalue weighted by Crippen LogP contribution is -2.16. The summed E-state index contributed by atoms with van der Waals surface area (Å²) in [5.74, 6) is 0.240. The van der Waals surface area contributed by atoms with Crippen LogP contribution in [0.3, 0.4) is 0 Å². The molecule has 0 saturated carbocycles. The highest BCUT2D eigenvalue weighted by atomic mass is 16.5. The van der Waals surface area contributed by atoms with Crippen molar-refractivity contribution in [1.82, 2.24) is 0 Å². The zero-order valence-electron chi connectivity index (χ0n) is 16.5. The first-order valence-electron chi connectivity index (χ1n) is 9.86. The number of aryl methyl sites for hydroxylation is 1. The lowest BCUT2D eigenvalue weighted by molar-refractivity contribution is -0.149. The molecule has 0 radical (unpaired) electrons. The van der Waals surface area contributed by atoms with Crippen molar-refractivity contribution in [2.24, 2.45) is 5.92 Å². The van der Waals surface area contributed by atoms with Gasteiger partial charge in [-0.25, -0.2) is 0 Å². The van der Waals surface area contributed by atoms with E-state index in [0.717, 1.165) is 38.5 Å². The first kappa shape index (κ1) is 22.2. The van der Waals surface area contributed by atoms with E-state index in [1.54, 1.807) is 0 Å². The molecule has 1 aromatic carbocycles. The van der Waals surface area contributed by atoms with Crippen LogP contribution in [0.25, 0.3) is 0 Å². The van der Waals surface area contributed by atoms with E-state index >= 15 is 0 Å². The highest BCUT2D eigenvalue weighted by Crippen LogP contribution is 2.11. The average molecular weight is 363 g/mol. The number of carbonyl (C=O) groups excluding carboxylic acids is 2. The molecule has 0 aromatic heterocycles. The van der Waals surface area contributed by atoms with Crippen LogP contribution in [0.5, 0.6) is 0 Å². The molecule has 0 aliphatic heterocycles. The molecule has 1 atom stereocenters. The monoisotopic (exact) mass is 362 g/mol. The summed E-state index contributed by atoms with van der Waals surface area (Å²) in [6.07, 6.45) is 5.84. The molecule has 0 spiro atoms. The smallest absolute Gasteiger partial charge is 0.306 e. The summed E-state index contributed by atoms with van der Waals surface area (Å²) in [6, 6.07) is 10.2. The predicted molar refractivity (Wildman–Crippen MR) is 104 cm³/mol. The lowest BCUT2D eigenvalue weighted by atomic mass is 10.1. The summed E-state index contributed by atoms with van der Waals surface area (Å²) in [5, 5.41) is 0. The maximum atomic E-state index is 11.7. The zero-order chi connectivity index (χ0) is 19.2. The molecule has 4 heteroatoms. The Morgan fingerprint density at radius 3 is 2.19 bits per heavy atom. The number of ether oxygens (including phenoxy) is 2. The van der Waals surface area contributed by atoms with E-state index in [-0.39, 0.29) is 18.0 Å². The Morgan fingerprint density at radius 2 is 1.54 bits per heavy atom. The predicted octanol–water partition coefficient (Wildman–Crippen LogP) is 5.09. The van der Waals surface area contributed by atoms with E-state index in [1.807, 2.05) is 25.1 Å². The summed E-state index contributed by atoms with van der Waals surface area (Å²) in [6.45, 7) is 6.63. The van der Waals surface area contributed by atoms with Gasteiger partial charge in [0.25, 0.3) is 0 Å². The SMILES string of the molecule is CC(C)CC(C)OC(=O)CCCCCC(=O)OCCCc1ccccc1. The van der Waals surface area contributed by atoms with Crippen LogP contribution in [0.1, 0.15) is 71.3 Å². The number of unbranched alkanes of at least 4 members (excludes halogenated alkanes) is 2. The van der Waals surface area contributed by atoms with Crippen molar-refractivity contribution in [3.8, 4) is 0 Å². The Labute approximate surface area is 158 Å². The third-order valence-corrected chi connectivity index (χ3v) is 4.11. The van der Waals surface area contributed by atoms with E-state index in [2.05, 4.69) is 26.0 Å². The molecule has 0 heterocycles. The normalized spacial score (nSPS) is 12.0. The minimum Gasteiger partial charge on any atom is -0.466 e. The fourth-order valence-corrected chi connectivity index (χ4v) is 2.89. The van der Waals surface area contributed by atoms with Crippen LogP contribution in [0, 0.1) is 5.92 Å². The molecule has 0 aliphatic carbocycles. The molecule has 0 saturated heterocycles. The van der Waals surface area contributed by atoms with Gasteiger partial charge in [0, 0.05) is 12.8 Å². The molecule has 0 N–H and O–H groups in total. The fraction of sp³-hybridized carbons (Fsp3) is 0.636. The van der Waals surface area contributed by atoms with Gasteiger partial charge in [0.2, 0.25) is 0 Å². The maximum Gasteiger partial charge on any atom is 0.306 e. The fourth-order valence-electron chi connectivity index (χ4n) is 2.89. The van der Waals surface area contributed by atoms with Crippen LogP contribution in [-0.2, 0) is 25.5 Å². The van der Waals surface area contributed by atoms with Gasteiger partial charge in [0.1, 0.15) is 0 Å². The van der Waals surface area contributed by atoms with E-state index in [9.17, 15) is 9.59 Å². The number of hydrogen-bond donors (Lipinski definition) is 0. The summed E-state index contributed by atoms with van der Waals surface area (Å²) < 4.78 is 10.6. The van der Waals surface area contributed by atoms with Crippen molar-refractivity contribution >= 4 is 11.9 Å². The molecular formula is C22H34O4. The van der Waals surface area contributed by atoms with Crippen molar-refractivity contribution in [1.29, 1.82) is 0 Å². The van der Waals surface area contributed by atoms with E-state index < -0.39 is 0 Å². The number of carbonyl (C=O) groups is 2. The molecular weight excluding hydrogens is 328 g/mol. The third-order valence-electron chi connectivity index (χ3n) is 4.11. The second kappa shape index (κ2) is 13.4. The molecule has 0 bridgehead atoms. The summed E-state index contributed by atoms with van der Waals surface area (Å²) in [4.78, 5) is 23.4. The molecule has 26 heavy (non-hydrogen) atoms. The van der Waals surface area contributed by atoms with Gasteiger partial charge in [-0.05, 0) is 50.5 Å². The van der Waals surface area contributed by atoms with Gasteiger partial charge in [0.05, 0.1) is 12.7 Å². The van der Waals surface area contributed by atoms with Crippen molar-refractivity contribution in [3.63, 3.8) is 0 Å². The van der Waals surface area contributed by atoms with Crippen molar-refractivity contribution in [2.75, 3.05) is 6.61 Å². The van der Waals surface area contributed by atoms with Crippen LogP contribution in [-0.4, -0.2) is 24.6 Å². The molecule has 0 fully saturated rings. The first-order chi connectivity index (χ1) is 12.5. The highest BCUT2D eigenvalue weighted by molar-refractivity contribution is 5.70. The van der Waals surface area contributed by atoms with Crippen LogP contribution < -0.4 is 0 Å². The minimum absolute atomic E-state index is 0.0200. The number of hydrogen-bond acceptors (Lipinski definition) is 4. The van der Waals surface area contributed by atoms with E-state index in [1.165, 1.54) is 5.56 Å². The van der Waals surface area contributed by atoms with Crippen LogP contribution in [0.2, 0.25) is 0 Å². The van der Waals surface area contributed by atoms with Crippen molar-refractivity contribution < 1.29 is 19.1 Å². The topological polar surface area (TPSA) is 52.6 Å². The Hall–Kier alpha value is -1.84. The molecule has 146 valence electrons. The largest absolute Gasteiger partial charge is 0.466 e. The van der Waals surface area contributed by atoms with Gasteiger partial charge in [-0.15, -0.1) is 0 Å². The quantitative estimate of drug-likeness (QED) is 0.362. The van der Waals surface area contributed by atoms with Gasteiger partial charge < -0.3 is 9.47 Å². The Bertz CT molecular complexity index is 510. The Balaban J connectivity index is 1.96. The molecule has 1 rings (SSSR count). The van der Waals surface area contributed by atoms with E-state index in [4.69, 9.17) is 9.47 Å². The highest BCUT2D eigenvalue weighted by Gasteiger charge is 2.11. The van der Waals surface area contributed by atoms with Gasteiger partial charge in [0.15, 0.2) is 0 Å². The second-order valence-corrected chi connectivity index (χ2v) is 7.30. The van der Waals surface area contributed by atoms with Crippen LogP contribution in [0.4, 0.5) is 0 Å². The Kier molecular flexibility index (Phi) is 11.4.